The van der Waals surface area contributed by atoms with Gasteiger partial charge in [0.2, 0.25) is 0 Å². The lowest BCUT2D eigenvalue weighted by atomic mass is 9.82. The minimum Gasteiger partial charge on any atom is -0.300 e. The van der Waals surface area contributed by atoms with Crippen LogP contribution >= 0.6 is 0 Å². The summed E-state index contributed by atoms with van der Waals surface area (Å²) in [6.45, 7) is 2.19. The molecule has 1 aliphatic carbocycles. The van der Waals surface area contributed by atoms with Crippen LogP contribution in [0, 0.1) is 5.92 Å². The largest absolute Gasteiger partial charge is 0.300 e. The Morgan fingerprint density at radius 2 is 2.50 bits per heavy atom. The van der Waals surface area contributed by atoms with Crippen LogP contribution in [0.2, 0.25) is 0 Å². The number of carbonyl (C=O) groups excluding carboxylic acids is 1. The Bertz CT molecular complexity index is 305. The normalized spacial score (nSPS) is 27.9. The van der Waals surface area contributed by atoms with E-state index in [1.54, 1.807) is 6.20 Å². The van der Waals surface area contributed by atoms with Crippen LogP contribution in [-0.4, -0.2) is 15.6 Å². The van der Waals surface area contributed by atoms with Crippen molar-refractivity contribution < 1.29 is 4.79 Å². The number of carbonyl (C=O) groups is 1. The Labute approximate surface area is 84.1 Å². The van der Waals surface area contributed by atoms with Gasteiger partial charge in [0.05, 0.1) is 6.04 Å². The van der Waals surface area contributed by atoms with Crippen molar-refractivity contribution in [3.8, 4) is 0 Å². The van der Waals surface area contributed by atoms with Crippen LogP contribution in [-0.2, 0) is 4.79 Å². The molecule has 14 heavy (non-hydrogen) atoms. The average Bonchev–Trinajstić information content (AvgIpc) is 2.70. The number of ketones is 1. The molecule has 0 aromatic carbocycles. The molecule has 0 saturated heterocycles. The number of hydrogen-bond acceptors (Lipinski definition) is 2. The van der Waals surface area contributed by atoms with Crippen LogP contribution < -0.4 is 0 Å². The fraction of sp³-hybridized carbons (Fsp3) is 0.636. The summed E-state index contributed by atoms with van der Waals surface area (Å²) in [7, 11) is 0. The van der Waals surface area contributed by atoms with Crippen molar-refractivity contribution in [3.63, 3.8) is 0 Å². The molecule has 3 nitrogen and oxygen atoms in total. The predicted octanol–water partition coefficient (Wildman–Crippen LogP) is 2.20. The van der Waals surface area contributed by atoms with E-state index in [2.05, 4.69) is 12.0 Å². The van der Waals surface area contributed by atoms with Gasteiger partial charge in [0.15, 0.2) is 0 Å². The lowest BCUT2D eigenvalue weighted by molar-refractivity contribution is -0.122. The topological polar surface area (TPSA) is 34.9 Å². The Hall–Kier alpha value is -1.12. The van der Waals surface area contributed by atoms with Crippen molar-refractivity contribution in [2.45, 2.75) is 38.6 Å². The first-order valence-electron chi connectivity index (χ1n) is 5.32. The standard InChI is InChI=1S/C11H16N2O/c1-2-9-4-5-10(14)8-11(9)13-7-3-6-12-13/h3,6-7,9,11H,2,4-5,8H2,1H3. The number of aromatic nitrogens is 2. The maximum atomic E-state index is 11.4. The smallest absolute Gasteiger partial charge is 0.135 e. The van der Waals surface area contributed by atoms with Crippen molar-refractivity contribution in [2.75, 3.05) is 0 Å². The maximum absolute atomic E-state index is 11.4. The summed E-state index contributed by atoms with van der Waals surface area (Å²) < 4.78 is 1.95. The van der Waals surface area contributed by atoms with Gasteiger partial charge >= 0.3 is 0 Å². The van der Waals surface area contributed by atoms with Crippen molar-refractivity contribution >= 4 is 5.78 Å². The van der Waals surface area contributed by atoms with E-state index >= 15 is 0 Å². The van der Waals surface area contributed by atoms with Gasteiger partial charge in [-0.25, -0.2) is 0 Å². The van der Waals surface area contributed by atoms with Crippen molar-refractivity contribution in [3.05, 3.63) is 18.5 Å². The van der Waals surface area contributed by atoms with E-state index in [1.165, 1.54) is 0 Å². The van der Waals surface area contributed by atoms with E-state index in [0.717, 1.165) is 19.3 Å². The van der Waals surface area contributed by atoms with Crippen LogP contribution in [0.4, 0.5) is 0 Å². The molecule has 0 N–H and O–H groups in total. The van der Waals surface area contributed by atoms with Gasteiger partial charge in [-0.15, -0.1) is 0 Å². The lowest BCUT2D eigenvalue weighted by Gasteiger charge is -2.30. The van der Waals surface area contributed by atoms with Gasteiger partial charge in [-0.05, 0) is 18.4 Å². The second-order valence-electron chi connectivity index (χ2n) is 4.00. The molecule has 3 heteroatoms. The van der Waals surface area contributed by atoms with E-state index in [4.69, 9.17) is 0 Å². The van der Waals surface area contributed by atoms with E-state index < -0.39 is 0 Å². The number of Topliss-reactive ketones (excluding diaryl/α,β-unsaturated/α-hetero) is 1. The van der Waals surface area contributed by atoms with E-state index in [-0.39, 0.29) is 0 Å². The summed E-state index contributed by atoms with van der Waals surface area (Å²) in [5, 5.41) is 4.24. The SMILES string of the molecule is CCC1CCC(=O)CC1n1cccn1. The van der Waals surface area contributed by atoms with Crippen molar-refractivity contribution in [1.82, 2.24) is 9.78 Å². The number of rotatable bonds is 2. The molecule has 2 atom stereocenters. The summed E-state index contributed by atoms with van der Waals surface area (Å²) in [5.41, 5.74) is 0. The second kappa shape index (κ2) is 3.95. The van der Waals surface area contributed by atoms with E-state index in [1.807, 2.05) is 16.9 Å². The van der Waals surface area contributed by atoms with Gasteiger partial charge in [0.1, 0.15) is 5.78 Å². The third kappa shape index (κ3) is 1.72. The molecule has 1 heterocycles. The summed E-state index contributed by atoms with van der Waals surface area (Å²) in [6.07, 6.45) is 7.34. The van der Waals surface area contributed by atoms with Crippen LogP contribution in [0.1, 0.15) is 38.6 Å². The van der Waals surface area contributed by atoms with Crippen LogP contribution in [0.3, 0.4) is 0 Å². The molecule has 1 saturated carbocycles. The van der Waals surface area contributed by atoms with E-state index in [9.17, 15) is 4.79 Å². The minimum absolute atomic E-state index is 0.302. The zero-order valence-electron chi connectivity index (χ0n) is 8.52. The van der Waals surface area contributed by atoms with Gasteiger partial charge in [-0.1, -0.05) is 13.3 Å². The third-order valence-electron chi connectivity index (χ3n) is 3.16. The fourth-order valence-corrected chi connectivity index (χ4v) is 2.30. The highest BCUT2D eigenvalue weighted by atomic mass is 16.1. The molecular formula is C11H16N2O. The number of hydrogen-bond donors (Lipinski definition) is 0. The van der Waals surface area contributed by atoms with Gasteiger partial charge in [0, 0.05) is 25.2 Å². The highest BCUT2D eigenvalue weighted by Crippen LogP contribution is 2.33. The van der Waals surface area contributed by atoms with Crippen LogP contribution in [0.25, 0.3) is 0 Å². The minimum atomic E-state index is 0.302. The second-order valence-corrected chi connectivity index (χ2v) is 4.00. The zero-order valence-corrected chi connectivity index (χ0v) is 8.52. The summed E-state index contributed by atoms with van der Waals surface area (Å²) in [5.74, 6) is 1.00. The van der Waals surface area contributed by atoms with Crippen LogP contribution in [0.15, 0.2) is 18.5 Å². The predicted molar refractivity (Wildman–Crippen MR) is 53.9 cm³/mol. The van der Waals surface area contributed by atoms with Gasteiger partial charge in [0.25, 0.3) is 0 Å². The lowest BCUT2D eigenvalue weighted by Crippen LogP contribution is -2.27. The quantitative estimate of drug-likeness (QED) is 0.720. The highest BCUT2D eigenvalue weighted by Gasteiger charge is 2.29. The van der Waals surface area contributed by atoms with Gasteiger partial charge in [-0.2, -0.15) is 5.10 Å². The number of nitrogens with zero attached hydrogens (tertiary/aromatic N) is 2. The molecule has 0 spiro atoms. The van der Waals surface area contributed by atoms with Gasteiger partial charge in [-0.3, -0.25) is 9.48 Å². The summed E-state index contributed by atoms with van der Waals surface area (Å²) in [6, 6.07) is 2.22. The average molecular weight is 192 g/mol. The molecule has 2 rings (SSSR count). The molecule has 0 bridgehead atoms. The maximum Gasteiger partial charge on any atom is 0.135 e. The monoisotopic (exact) mass is 192 g/mol. The van der Waals surface area contributed by atoms with Crippen LogP contribution in [0.5, 0.6) is 0 Å². The molecule has 1 fully saturated rings. The molecular weight excluding hydrogens is 176 g/mol. The summed E-state index contributed by atoms with van der Waals surface area (Å²) in [4.78, 5) is 11.4. The molecule has 2 unspecified atom stereocenters. The Morgan fingerprint density at radius 1 is 1.64 bits per heavy atom. The molecule has 0 radical (unpaired) electrons. The molecule has 76 valence electrons. The Kier molecular flexibility index (Phi) is 2.66. The molecule has 1 aromatic heterocycles. The van der Waals surface area contributed by atoms with Crippen molar-refractivity contribution in [1.29, 1.82) is 0 Å². The molecule has 1 aliphatic rings. The molecule has 0 aliphatic heterocycles. The first-order valence-corrected chi connectivity index (χ1v) is 5.32. The Morgan fingerprint density at radius 3 is 3.14 bits per heavy atom. The molecule has 0 amide bonds. The first kappa shape index (κ1) is 9.44. The van der Waals surface area contributed by atoms with Gasteiger partial charge < -0.3 is 0 Å². The summed E-state index contributed by atoms with van der Waals surface area (Å²) >= 11 is 0. The first-order chi connectivity index (χ1) is 6.81. The van der Waals surface area contributed by atoms with Crippen molar-refractivity contribution in [2.24, 2.45) is 5.92 Å². The molecule has 1 aromatic rings. The zero-order chi connectivity index (χ0) is 9.97. The third-order valence-corrected chi connectivity index (χ3v) is 3.16. The highest BCUT2D eigenvalue weighted by molar-refractivity contribution is 5.79. The fourth-order valence-electron chi connectivity index (χ4n) is 2.30. The van der Waals surface area contributed by atoms with E-state index in [0.29, 0.717) is 24.2 Å². The Balaban J connectivity index is 2.17.